The van der Waals surface area contributed by atoms with Crippen LogP contribution in [0.4, 0.5) is 0 Å². The number of carbonyl (C=O) groups is 2. The predicted octanol–water partition coefficient (Wildman–Crippen LogP) is 2.68. The summed E-state index contributed by atoms with van der Waals surface area (Å²) < 4.78 is 4.86. The zero-order chi connectivity index (χ0) is 16.2. The number of carbonyl (C=O) groups excluding carboxylic acids is 1. The number of methoxy groups -OCH3 is 1. The first-order valence-electron chi connectivity index (χ1n) is 6.55. The summed E-state index contributed by atoms with van der Waals surface area (Å²) in [5.74, 6) is -1.43. The summed E-state index contributed by atoms with van der Waals surface area (Å²) in [6.45, 7) is 5.26. The summed E-state index contributed by atoms with van der Waals surface area (Å²) >= 11 is 6.14. The monoisotopic (exact) mass is 313 g/mol. The topological polar surface area (TPSA) is 75.6 Å². The second kappa shape index (κ2) is 6.91. The average molecular weight is 314 g/mol. The fourth-order valence-electron chi connectivity index (χ4n) is 1.90. The van der Waals surface area contributed by atoms with Gasteiger partial charge in [0.25, 0.3) is 5.91 Å². The van der Waals surface area contributed by atoms with Gasteiger partial charge in [0.05, 0.1) is 6.61 Å². The van der Waals surface area contributed by atoms with Crippen molar-refractivity contribution in [3.05, 3.63) is 34.3 Å². The van der Waals surface area contributed by atoms with Gasteiger partial charge in [0.15, 0.2) is 5.54 Å². The summed E-state index contributed by atoms with van der Waals surface area (Å²) in [4.78, 5) is 23.5. The first kappa shape index (κ1) is 17.5. The van der Waals surface area contributed by atoms with Crippen LogP contribution in [0.2, 0.25) is 5.02 Å². The van der Waals surface area contributed by atoms with Gasteiger partial charge < -0.3 is 15.2 Å². The van der Waals surface area contributed by atoms with E-state index >= 15 is 0 Å². The SMILES string of the molecule is COCC(C)(NC(=O)c1ccc(C(C)C)c(Cl)c1)C(=O)O. The molecule has 116 valence electrons. The van der Waals surface area contributed by atoms with Gasteiger partial charge in [-0.1, -0.05) is 31.5 Å². The standard InChI is InChI=1S/C15H20ClNO4/c1-9(2)11-6-5-10(7-12(11)16)13(18)17-15(3,8-21-4)14(19)20/h5-7,9H,8H2,1-4H3,(H,17,18)(H,19,20). The molecule has 1 amide bonds. The summed E-state index contributed by atoms with van der Waals surface area (Å²) in [5, 5.41) is 12.2. The Labute approximate surface area is 129 Å². The second-order valence-electron chi connectivity index (χ2n) is 5.42. The Morgan fingerprint density at radius 3 is 2.48 bits per heavy atom. The number of carboxylic acid groups (broad SMARTS) is 1. The molecule has 0 aliphatic carbocycles. The molecule has 0 bridgehead atoms. The molecule has 21 heavy (non-hydrogen) atoms. The fourth-order valence-corrected chi connectivity index (χ4v) is 2.30. The number of ether oxygens (including phenoxy) is 1. The van der Waals surface area contributed by atoms with Gasteiger partial charge in [-0.15, -0.1) is 0 Å². The van der Waals surface area contributed by atoms with Crippen LogP contribution in [0.1, 0.15) is 42.6 Å². The number of rotatable bonds is 6. The summed E-state index contributed by atoms with van der Waals surface area (Å²) in [6.07, 6.45) is 0. The molecule has 0 fully saturated rings. The maximum atomic E-state index is 12.2. The summed E-state index contributed by atoms with van der Waals surface area (Å²) in [7, 11) is 1.38. The van der Waals surface area contributed by atoms with Crippen LogP contribution in [-0.4, -0.2) is 36.2 Å². The lowest BCUT2D eigenvalue weighted by atomic mass is 10.00. The highest BCUT2D eigenvalue weighted by Gasteiger charge is 2.35. The van der Waals surface area contributed by atoms with Crippen molar-refractivity contribution in [1.82, 2.24) is 5.32 Å². The molecule has 0 aliphatic rings. The molecule has 0 aromatic heterocycles. The maximum absolute atomic E-state index is 12.2. The third-order valence-electron chi connectivity index (χ3n) is 3.18. The Morgan fingerprint density at radius 1 is 1.43 bits per heavy atom. The minimum atomic E-state index is -1.49. The second-order valence-corrected chi connectivity index (χ2v) is 5.82. The number of carboxylic acids is 1. The number of nitrogens with one attached hydrogen (secondary N) is 1. The Hall–Kier alpha value is -1.59. The van der Waals surface area contributed by atoms with Gasteiger partial charge in [-0.25, -0.2) is 4.79 Å². The van der Waals surface area contributed by atoms with Crippen molar-refractivity contribution in [3.8, 4) is 0 Å². The van der Waals surface area contributed by atoms with Crippen LogP contribution in [0.3, 0.4) is 0 Å². The minimum absolute atomic E-state index is 0.133. The van der Waals surface area contributed by atoms with E-state index in [9.17, 15) is 14.7 Å². The summed E-state index contributed by atoms with van der Waals surface area (Å²) in [5.41, 5.74) is -0.242. The number of aliphatic carboxylic acids is 1. The molecule has 6 heteroatoms. The zero-order valence-corrected chi connectivity index (χ0v) is 13.3. The van der Waals surface area contributed by atoms with Crippen molar-refractivity contribution in [3.63, 3.8) is 0 Å². The highest BCUT2D eigenvalue weighted by molar-refractivity contribution is 6.31. The van der Waals surface area contributed by atoms with Crippen molar-refractivity contribution in [2.45, 2.75) is 32.2 Å². The molecule has 0 radical (unpaired) electrons. The molecule has 0 aliphatic heterocycles. The number of hydrogen-bond acceptors (Lipinski definition) is 3. The molecular formula is C15H20ClNO4. The van der Waals surface area contributed by atoms with Crippen molar-refractivity contribution >= 4 is 23.5 Å². The van der Waals surface area contributed by atoms with Gasteiger partial charge in [0, 0.05) is 17.7 Å². The first-order chi connectivity index (χ1) is 9.71. The Bertz CT molecular complexity index is 544. The van der Waals surface area contributed by atoms with Gasteiger partial charge in [-0.2, -0.15) is 0 Å². The fraction of sp³-hybridized carbons (Fsp3) is 0.467. The Balaban J connectivity index is 2.99. The zero-order valence-electron chi connectivity index (χ0n) is 12.6. The van der Waals surface area contributed by atoms with Gasteiger partial charge in [-0.3, -0.25) is 4.79 Å². The number of amides is 1. The van der Waals surface area contributed by atoms with Gasteiger partial charge in [0.2, 0.25) is 0 Å². The molecule has 0 heterocycles. The molecule has 0 saturated heterocycles. The van der Waals surface area contributed by atoms with Crippen molar-refractivity contribution in [1.29, 1.82) is 0 Å². The molecule has 1 aromatic carbocycles. The van der Waals surface area contributed by atoms with E-state index in [1.165, 1.54) is 14.0 Å². The van der Waals surface area contributed by atoms with Gasteiger partial charge in [0.1, 0.15) is 0 Å². The molecule has 1 unspecified atom stereocenters. The summed E-state index contributed by atoms with van der Waals surface area (Å²) in [6, 6.07) is 4.95. The highest BCUT2D eigenvalue weighted by Crippen LogP contribution is 2.25. The number of halogens is 1. The lowest BCUT2D eigenvalue weighted by molar-refractivity contribution is -0.145. The van der Waals surface area contributed by atoms with E-state index in [0.717, 1.165) is 5.56 Å². The van der Waals surface area contributed by atoms with Crippen LogP contribution in [0.25, 0.3) is 0 Å². The van der Waals surface area contributed by atoms with Crippen molar-refractivity contribution < 1.29 is 19.4 Å². The van der Waals surface area contributed by atoms with E-state index in [1.807, 2.05) is 13.8 Å². The molecule has 0 spiro atoms. The quantitative estimate of drug-likeness (QED) is 0.846. The first-order valence-corrected chi connectivity index (χ1v) is 6.93. The van der Waals surface area contributed by atoms with E-state index < -0.39 is 17.4 Å². The van der Waals surface area contributed by atoms with Gasteiger partial charge in [-0.05, 0) is 30.5 Å². The van der Waals surface area contributed by atoms with Crippen LogP contribution in [0.5, 0.6) is 0 Å². The smallest absolute Gasteiger partial charge is 0.331 e. The van der Waals surface area contributed by atoms with E-state index in [2.05, 4.69) is 5.32 Å². The molecule has 1 atom stereocenters. The third kappa shape index (κ3) is 4.19. The van der Waals surface area contributed by atoms with E-state index in [4.69, 9.17) is 16.3 Å². The molecule has 0 saturated carbocycles. The largest absolute Gasteiger partial charge is 0.479 e. The molecule has 5 nitrogen and oxygen atoms in total. The molecule has 1 aromatic rings. The van der Waals surface area contributed by atoms with E-state index in [-0.39, 0.29) is 12.5 Å². The van der Waals surface area contributed by atoms with Crippen LogP contribution in [0, 0.1) is 0 Å². The number of hydrogen-bond donors (Lipinski definition) is 2. The van der Waals surface area contributed by atoms with Crippen molar-refractivity contribution in [2.24, 2.45) is 0 Å². The molecule has 1 rings (SSSR count). The van der Waals surface area contributed by atoms with E-state index in [0.29, 0.717) is 10.6 Å². The van der Waals surface area contributed by atoms with Crippen LogP contribution in [-0.2, 0) is 9.53 Å². The minimum Gasteiger partial charge on any atom is -0.479 e. The lowest BCUT2D eigenvalue weighted by Gasteiger charge is -2.25. The van der Waals surface area contributed by atoms with Crippen LogP contribution in [0.15, 0.2) is 18.2 Å². The molecular weight excluding hydrogens is 294 g/mol. The number of benzene rings is 1. The Kier molecular flexibility index (Phi) is 5.75. The van der Waals surface area contributed by atoms with Crippen LogP contribution >= 0.6 is 11.6 Å². The Morgan fingerprint density at radius 2 is 2.05 bits per heavy atom. The average Bonchev–Trinajstić information content (AvgIpc) is 2.38. The normalized spacial score (nSPS) is 13.8. The third-order valence-corrected chi connectivity index (χ3v) is 3.51. The van der Waals surface area contributed by atoms with E-state index in [1.54, 1.807) is 18.2 Å². The molecule has 2 N–H and O–H groups in total. The van der Waals surface area contributed by atoms with Crippen LogP contribution < -0.4 is 5.32 Å². The van der Waals surface area contributed by atoms with Crippen molar-refractivity contribution in [2.75, 3.05) is 13.7 Å². The predicted molar refractivity (Wildman–Crippen MR) is 80.9 cm³/mol. The maximum Gasteiger partial charge on any atom is 0.331 e. The van der Waals surface area contributed by atoms with Gasteiger partial charge >= 0.3 is 5.97 Å². The highest BCUT2D eigenvalue weighted by atomic mass is 35.5. The lowest BCUT2D eigenvalue weighted by Crippen LogP contribution is -2.55.